The number of anilines is 5. The highest BCUT2D eigenvalue weighted by Gasteiger charge is 2.27. The lowest BCUT2D eigenvalue weighted by atomic mass is 9.89. The number of unbranched alkanes of at least 4 members (excludes halogenated alkanes) is 4. The van der Waals surface area contributed by atoms with Crippen molar-refractivity contribution >= 4 is 44.4 Å². The number of benzene rings is 3. The lowest BCUT2D eigenvalue weighted by molar-refractivity contribution is -0.116. The molecule has 0 aliphatic heterocycles. The maximum atomic E-state index is 14.2. The first-order valence-electron chi connectivity index (χ1n) is 17.4. The van der Waals surface area contributed by atoms with E-state index in [1.807, 2.05) is 77.9 Å². The molecule has 0 unspecified atom stereocenters. The number of carbonyl (C=O) groups is 1. The molecule has 0 saturated heterocycles. The predicted molar refractivity (Wildman–Crippen MR) is 203 cm³/mol. The Morgan fingerprint density at radius 3 is 1.98 bits per heavy atom. The van der Waals surface area contributed by atoms with Crippen LogP contribution in [-0.2, 0) is 14.8 Å². The summed E-state index contributed by atoms with van der Waals surface area (Å²) >= 11 is 0. The summed E-state index contributed by atoms with van der Waals surface area (Å²) in [5, 5.41) is 6.54. The fourth-order valence-electron chi connectivity index (χ4n) is 5.79. The monoisotopic (exact) mass is 678 g/mol. The second-order valence-corrected chi connectivity index (χ2v) is 15.5. The van der Waals surface area contributed by atoms with Crippen molar-refractivity contribution in [1.29, 1.82) is 0 Å². The minimum absolute atomic E-state index is 0.00522. The third kappa shape index (κ3) is 9.91. The first-order chi connectivity index (χ1) is 22.6. The van der Waals surface area contributed by atoms with Crippen LogP contribution in [0.25, 0.3) is 0 Å². The number of aryl methyl sites for hydroxylation is 1. The normalized spacial score (nSPS) is 11.7. The molecule has 0 spiro atoms. The number of carbonyl (C=O) groups excluding carboxylic acids is 1. The average Bonchev–Trinajstić information content (AvgIpc) is 3.01. The molecule has 48 heavy (non-hydrogen) atoms. The molecule has 0 aliphatic carbocycles. The number of hydrogen-bond acceptors (Lipinski definition) is 6. The molecular formula is C39H58N4O4S. The Hall–Kier alpha value is -3.72. The summed E-state index contributed by atoms with van der Waals surface area (Å²) in [6.45, 7) is 16.5. The van der Waals surface area contributed by atoms with Gasteiger partial charge in [-0.2, -0.15) is 0 Å². The van der Waals surface area contributed by atoms with Crippen LogP contribution in [0.5, 0.6) is 5.75 Å². The minimum atomic E-state index is -3.98. The van der Waals surface area contributed by atoms with E-state index in [9.17, 15) is 13.2 Å². The van der Waals surface area contributed by atoms with E-state index in [0.717, 1.165) is 65.7 Å². The first kappa shape index (κ1) is 38.7. The highest BCUT2D eigenvalue weighted by atomic mass is 32.2. The molecule has 0 aromatic heterocycles. The Kier molecular flexibility index (Phi) is 13.8. The number of nitrogens with one attached hydrogen (secondary N) is 3. The lowest BCUT2D eigenvalue weighted by Crippen LogP contribution is -2.19. The van der Waals surface area contributed by atoms with Crippen molar-refractivity contribution in [1.82, 2.24) is 0 Å². The highest BCUT2D eigenvalue weighted by molar-refractivity contribution is 7.92. The summed E-state index contributed by atoms with van der Waals surface area (Å²) in [6.07, 6.45) is 5.59. The molecule has 264 valence electrons. The summed E-state index contributed by atoms with van der Waals surface area (Å²) < 4.78 is 37.0. The molecule has 0 radical (unpaired) electrons. The van der Waals surface area contributed by atoms with E-state index in [2.05, 4.69) is 36.1 Å². The molecule has 3 N–H and O–H groups in total. The maximum Gasteiger partial charge on any atom is 0.262 e. The van der Waals surface area contributed by atoms with Crippen LogP contribution in [0.1, 0.15) is 127 Å². The van der Waals surface area contributed by atoms with Crippen LogP contribution in [0.2, 0.25) is 0 Å². The number of rotatable bonds is 17. The predicted octanol–water partition coefficient (Wildman–Crippen LogP) is 10.3. The SMILES string of the molecule is CCCCCCCC(=O)Nc1cc(NS(=O)(=O)c2c(C(C)C)cc(C(C)C)cc2C(C)C)ccc1Nc1cc(OC)c(N(C)C)cc1C. The fraction of sp³-hybridized carbons (Fsp3) is 0.513. The molecule has 0 bridgehead atoms. The molecule has 9 heteroatoms. The summed E-state index contributed by atoms with van der Waals surface area (Å²) in [4.78, 5) is 15.5. The van der Waals surface area contributed by atoms with E-state index >= 15 is 0 Å². The van der Waals surface area contributed by atoms with Gasteiger partial charge in [-0.3, -0.25) is 9.52 Å². The molecule has 0 atom stereocenters. The molecule has 0 heterocycles. The van der Waals surface area contributed by atoms with E-state index in [1.165, 1.54) is 0 Å². The van der Waals surface area contributed by atoms with Crippen molar-refractivity contribution in [2.45, 2.75) is 117 Å². The van der Waals surface area contributed by atoms with E-state index in [-0.39, 0.29) is 23.7 Å². The van der Waals surface area contributed by atoms with Crippen LogP contribution in [0.15, 0.2) is 47.4 Å². The third-order valence-electron chi connectivity index (χ3n) is 8.68. The summed E-state index contributed by atoms with van der Waals surface area (Å²) in [7, 11) is 1.59. The van der Waals surface area contributed by atoms with E-state index in [0.29, 0.717) is 34.1 Å². The molecule has 0 aliphatic rings. The number of hydrogen-bond donors (Lipinski definition) is 3. The molecule has 0 saturated carbocycles. The third-order valence-corrected chi connectivity index (χ3v) is 10.2. The van der Waals surface area contributed by atoms with Crippen molar-refractivity contribution in [2.24, 2.45) is 0 Å². The fourth-order valence-corrected chi connectivity index (χ4v) is 7.54. The highest BCUT2D eigenvalue weighted by Crippen LogP contribution is 2.39. The second kappa shape index (κ2) is 17.1. The van der Waals surface area contributed by atoms with Crippen LogP contribution in [-0.4, -0.2) is 35.5 Å². The van der Waals surface area contributed by atoms with Crippen molar-refractivity contribution in [3.63, 3.8) is 0 Å². The van der Waals surface area contributed by atoms with Crippen LogP contribution >= 0.6 is 0 Å². The van der Waals surface area contributed by atoms with Gasteiger partial charge in [0.1, 0.15) is 5.75 Å². The van der Waals surface area contributed by atoms with Crippen molar-refractivity contribution in [3.05, 3.63) is 64.7 Å². The molecule has 0 fully saturated rings. The maximum absolute atomic E-state index is 14.2. The van der Waals surface area contributed by atoms with Gasteiger partial charge in [0, 0.05) is 32.3 Å². The van der Waals surface area contributed by atoms with E-state index in [1.54, 1.807) is 25.3 Å². The molecule has 1 amide bonds. The molecule has 8 nitrogen and oxygen atoms in total. The number of ether oxygens (including phenoxy) is 1. The van der Waals surface area contributed by atoms with Gasteiger partial charge in [-0.05, 0) is 77.6 Å². The smallest absolute Gasteiger partial charge is 0.262 e. The van der Waals surface area contributed by atoms with Gasteiger partial charge in [0.2, 0.25) is 5.91 Å². The molecule has 3 aromatic rings. The number of amides is 1. The van der Waals surface area contributed by atoms with E-state index < -0.39 is 10.0 Å². The Balaban J connectivity index is 2.07. The average molecular weight is 679 g/mol. The van der Waals surface area contributed by atoms with Gasteiger partial charge >= 0.3 is 0 Å². The van der Waals surface area contributed by atoms with Crippen molar-refractivity contribution < 1.29 is 17.9 Å². The second-order valence-electron chi connectivity index (χ2n) is 13.9. The van der Waals surface area contributed by atoms with Gasteiger partial charge in [-0.1, -0.05) is 86.3 Å². The van der Waals surface area contributed by atoms with Gasteiger partial charge in [0.25, 0.3) is 10.0 Å². The largest absolute Gasteiger partial charge is 0.495 e. The Morgan fingerprint density at radius 1 is 0.812 bits per heavy atom. The van der Waals surface area contributed by atoms with Crippen LogP contribution < -0.4 is 25.0 Å². The number of sulfonamides is 1. The molecule has 3 aromatic carbocycles. The summed E-state index contributed by atoms with van der Waals surface area (Å²) in [6, 6.07) is 13.3. The lowest BCUT2D eigenvalue weighted by Gasteiger charge is -2.23. The van der Waals surface area contributed by atoms with Crippen LogP contribution in [0.4, 0.5) is 28.4 Å². The van der Waals surface area contributed by atoms with Gasteiger partial charge in [0.15, 0.2) is 0 Å². The van der Waals surface area contributed by atoms with Gasteiger partial charge < -0.3 is 20.3 Å². The zero-order chi connectivity index (χ0) is 35.8. The number of nitrogens with zero attached hydrogens (tertiary/aromatic N) is 1. The zero-order valence-electron chi connectivity index (χ0n) is 31.0. The van der Waals surface area contributed by atoms with E-state index in [4.69, 9.17) is 4.74 Å². The zero-order valence-corrected chi connectivity index (χ0v) is 31.8. The summed E-state index contributed by atoms with van der Waals surface area (Å²) in [5.74, 6) is 0.877. The quantitative estimate of drug-likeness (QED) is 0.123. The van der Waals surface area contributed by atoms with Gasteiger partial charge in [-0.15, -0.1) is 0 Å². The molecule has 3 rings (SSSR count). The Labute approximate surface area is 290 Å². The summed E-state index contributed by atoms with van der Waals surface area (Å²) in [5.41, 5.74) is 6.99. The van der Waals surface area contributed by atoms with Crippen molar-refractivity contribution in [2.75, 3.05) is 41.5 Å². The topological polar surface area (TPSA) is 99.8 Å². The van der Waals surface area contributed by atoms with Crippen molar-refractivity contribution in [3.8, 4) is 5.75 Å². The minimum Gasteiger partial charge on any atom is -0.495 e. The number of methoxy groups -OCH3 is 1. The standard InChI is InChI=1S/C39H58N4O4S/c1-12-13-14-15-16-17-38(44)41-35-23-30(18-19-33(35)40-34-24-37(47-11)36(43(9)10)20-28(34)8)42-48(45,46)39-31(26(4)5)21-29(25(2)3)22-32(39)27(6)7/h18-27,40,42H,12-17H2,1-11H3,(H,41,44). The molecular weight excluding hydrogens is 621 g/mol. The van der Waals surface area contributed by atoms with Gasteiger partial charge in [-0.25, -0.2) is 8.42 Å². The van der Waals surface area contributed by atoms with Gasteiger partial charge in [0.05, 0.1) is 34.8 Å². The Morgan fingerprint density at radius 2 is 1.44 bits per heavy atom. The van der Waals surface area contributed by atoms with Crippen LogP contribution in [0, 0.1) is 6.92 Å². The Bertz CT molecular complexity index is 1630. The first-order valence-corrected chi connectivity index (χ1v) is 18.8. The van der Waals surface area contributed by atoms with Crippen LogP contribution in [0.3, 0.4) is 0 Å².